The molecule has 0 aliphatic carbocycles. The molecule has 0 bridgehead atoms. The van der Waals surface area contributed by atoms with Crippen LogP contribution in [0.4, 0.5) is 4.39 Å². The van der Waals surface area contributed by atoms with Crippen molar-refractivity contribution in [1.29, 1.82) is 0 Å². The van der Waals surface area contributed by atoms with Crippen LogP contribution in [0.3, 0.4) is 0 Å². The maximum atomic E-state index is 14.0. The van der Waals surface area contributed by atoms with Crippen molar-refractivity contribution in [2.75, 3.05) is 26.2 Å². The van der Waals surface area contributed by atoms with Crippen LogP contribution in [0.5, 0.6) is 0 Å². The third kappa shape index (κ3) is 5.22. The molecule has 1 aromatic heterocycles. The second-order valence-corrected chi connectivity index (χ2v) is 7.84. The van der Waals surface area contributed by atoms with Gasteiger partial charge in [-0.25, -0.2) is 9.37 Å². The van der Waals surface area contributed by atoms with Gasteiger partial charge in [-0.3, -0.25) is 9.59 Å². The summed E-state index contributed by atoms with van der Waals surface area (Å²) in [5.74, 6) is 0.556. The van der Waals surface area contributed by atoms with Gasteiger partial charge in [-0.05, 0) is 25.0 Å². The van der Waals surface area contributed by atoms with Crippen molar-refractivity contribution in [2.24, 2.45) is 0 Å². The van der Waals surface area contributed by atoms with Crippen LogP contribution < -0.4 is 0 Å². The lowest BCUT2D eigenvalue weighted by molar-refractivity contribution is -0.131. The molecular weight excluding hydrogens is 409 g/mol. The molecule has 166 valence electrons. The highest BCUT2D eigenvalue weighted by Gasteiger charge is 2.24. The lowest BCUT2D eigenvalue weighted by Gasteiger charge is -2.22. The number of benzene rings is 2. The topological polar surface area (TPSA) is 66.7 Å². The number of aryl methyl sites for hydroxylation is 1. The summed E-state index contributed by atoms with van der Waals surface area (Å²) in [5, 5.41) is 0. The fraction of sp³-hybridized carbons (Fsp3) is 0.320. The fourth-order valence-corrected chi connectivity index (χ4v) is 3.89. The Hall–Kier alpha value is -3.48. The maximum Gasteiger partial charge on any atom is 0.256 e. The third-order valence-corrected chi connectivity index (χ3v) is 5.63. The lowest BCUT2D eigenvalue weighted by Crippen LogP contribution is -2.37. The lowest BCUT2D eigenvalue weighted by atomic mass is 10.2. The number of hydrogen-bond acceptors (Lipinski definition) is 4. The number of nitrogens with zero attached hydrogens (tertiary/aromatic N) is 3. The third-order valence-electron chi connectivity index (χ3n) is 5.63. The Morgan fingerprint density at radius 3 is 2.47 bits per heavy atom. The van der Waals surface area contributed by atoms with Crippen LogP contribution >= 0.6 is 0 Å². The molecule has 0 atom stereocenters. The van der Waals surface area contributed by atoms with E-state index in [2.05, 4.69) is 4.98 Å². The number of oxazole rings is 1. The second-order valence-electron chi connectivity index (χ2n) is 7.84. The number of hydrogen-bond donors (Lipinski definition) is 0. The van der Waals surface area contributed by atoms with E-state index in [1.54, 1.807) is 28.1 Å². The van der Waals surface area contributed by atoms with Gasteiger partial charge in [-0.2, -0.15) is 0 Å². The molecule has 0 N–H and O–H groups in total. The highest BCUT2D eigenvalue weighted by atomic mass is 19.1. The van der Waals surface area contributed by atoms with Gasteiger partial charge in [0, 0.05) is 44.6 Å². The van der Waals surface area contributed by atoms with Gasteiger partial charge in [-0.15, -0.1) is 0 Å². The zero-order chi connectivity index (χ0) is 22.3. The fourth-order valence-electron chi connectivity index (χ4n) is 3.89. The average Bonchev–Trinajstić information content (AvgIpc) is 3.15. The van der Waals surface area contributed by atoms with E-state index in [0.717, 1.165) is 11.3 Å². The maximum absolute atomic E-state index is 14.0. The molecule has 0 unspecified atom stereocenters. The zero-order valence-corrected chi connectivity index (χ0v) is 17.9. The second kappa shape index (κ2) is 10.2. The van der Waals surface area contributed by atoms with Gasteiger partial charge in [0.1, 0.15) is 5.82 Å². The van der Waals surface area contributed by atoms with E-state index in [9.17, 15) is 14.0 Å². The summed E-state index contributed by atoms with van der Waals surface area (Å²) in [6.45, 7) is 1.96. The molecule has 1 saturated heterocycles. The Labute approximate surface area is 186 Å². The van der Waals surface area contributed by atoms with E-state index in [-0.39, 0.29) is 17.4 Å². The van der Waals surface area contributed by atoms with Crippen LogP contribution in [0, 0.1) is 5.82 Å². The number of amides is 2. The summed E-state index contributed by atoms with van der Waals surface area (Å²) >= 11 is 0. The number of rotatable bonds is 6. The van der Waals surface area contributed by atoms with E-state index < -0.39 is 5.82 Å². The van der Waals surface area contributed by atoms with Crippen LogP contribution in [-0.2, 0) is 11.2 Å². The summed E-state index contributed by atoms with van der Waals surface area (Å²) in [4.78, 5) is 33.1. The number of aromatic nitrogens is 1. The van der Waals surface area contributed by atoms with Crippen molar-refractivity contribution in [3.63, 3.8) is 0 Å². The van der Waals surface area contributed by atoms with Gasteiger partial charge in [-0.1, -0.05) is 42.5 Å². The molecular formula is C25H26FN3O3. The van der Waals surface area contributed by atoms with Gasteiger partial charge in [0.05, 0.1) is 11.8 Å². The molecule has 2 heterocycles. The van der Waals surface area contributed by atoms with E-state index in [1.165, 1.54) is 12.1 Å². The first-order valence-corrected chi connectivity index (χ1v) is 10.9. The summed E-state index contributed by atoms with van der Waals surface area (Å²) < 4.78 is 19.8. The molecule has 1 aliphatic heterocycles. The van der Waals surface area contributed by atoms with Crippen molar-refractivity contribution in [3.8, 4) is 11.3 Å². The predicted octanol–water partition coefficient (Wildman–Crippen LogP) is 4.18. The van der Waals surface area contributed by atoms with Crippen molar-refractivity contribution < 1.29 is 18.4 Å². The van der Waals surface area contributed by atoms with Gasteiger partial charge in [0.15, 0.2) is 11.7 Å². The Kier molecular flexibility index (Phi) is 6.94. The molecule has 7 heteroatoms. The molecule has 0 spiro atoms. The van der Waals surface area contributed by atoms with Crippen molar-refractivity contribution in [3.05, 3.63) is 78.1 Å². The largest absolute Gasteiger partial charge is 0.441 e. The molecule has 32 heavy (non-hydrogen) atoms. The molecule has 2 amide bonds. The van der Waals surface area contributed by atoms with E-state index in [1.807, 2.05) is 30.3 Å². The molecule has 0 radical (unpaired) electrons. The highest BCUT2D eigenvalue weighted by Crippen LogP contribution is 2.20. The van der Waals surface area contributed by atoms with Gasteiger partial charge >= 0.3 is 0 Å². The predicted molar refractivity (Wildman–Crippen MR) is 118 cm³/mol. The van der Waals surface area contributed by atoms with E-state index in [0.29, 0.717) is 57.8 Å². The highest BCUT2D eigenvalue weighted by molar-refractivity contribution is 5.94. The summed E-state index contributed by atoms with van der Waals surface area (Å²) in [5.41, 5.74) is 1.05. The Morgan fingerprint density at radius 1 is 0.938 bits per heavy atom. The summed E-state index contributed by atoms with van der Waals surface area (Å²) in [6, 6.07) is 15.8. The normalized spacial score (nSPS) is 14.3. The van der Waals surface area contributed by atoms with Gasteiger partial charge < -0.3 is 14.2 Å². The first-order valence-electron chi connectivity index (χ1n) is 10.9. The molecule has 2 aromatic carbocycles. The van der Waals surface area contributed by atoms with Crippen LogP contribution in [-0.4, -0.2) is 52.8 Å². The standard InChI is InChI=1S/C25H26FN3O3/c26-21-11-5-4-10-20(21)25(31)29-15-7-14-28(16-17-29)24(30)13-6-12-23-27-18-22(32-23)19-8-2-1-3-9-19/h1-5,8-11,18H,6-7,12-17H2. The summed E-state index contributed by atoms with van der Waals surface area (Å²) in [7, 11) is 0. The molecule has 4 rings (SSSR count). The minimum absolute atomic E-state index is 0.0556. The quantitative estimate of drug-likeness (QED) is 0.583. The van der Waals surface area contributed by atoms with E-state index in [4.69, 9.17) is 4.42 Å². The van der Waals surface area contributed by atoms with Gasteiger partial charge in [0.25, 0.3) is 5.91 Å². The monoisotopic (exact) mass is 435 g/mol. The van der Waals surface area contributed by atoms with Crippen molar-refractivity contribution in [2.45, 2.75) is 25.7 Å². The average molecular weight is 435 g/mol. The molecule has 1 fully saturated rings. The van der Waals surface area contributed by atoms with Crippen molar-refractivity contribution in [1.82, 2.24) is 14.8 Å². The van der Waals surface area contributed by atoms with Crippen LogP contribution in [0.2, 0.25) is 0 Å². The molecule has 3 aromatic rings. The smallest absolute Gasteiger partial charge is 0.256 e. The number of carbonyl (C=O) groups is 2. The van der Waals surface area contributed by atoms with E-state index >= 15 is 0 Å². The zero-order valence-electron chi connectivity index (χ0n) is 17.9. The van der Waals surface area contributed by atoms with Crippen LogP contribution in [0.1, 0.15) is 35.5 Å². The number of carbonyl (C=O) groups excluding carboxylic acids is 2. The first-order chi connectivity index (χ1) is 15.6. The molecule has 6 nitrogen and oxygen atoms in total. The SMILES string of the molecule is O=C(CCCc1ncc(-c2ccccc2)o1)N1CCCN(C(=O)c2ccccc2F)CC1. The van der Waals surface area contributed by atoms with Crippen LogP contribution in [0.25, 0.3) is 11.3 Å². The van der Waals surface area contributed by atoms with Crippen LogP contribution in [0.15, 0.2) is 65.2 Å². The Morgan fingerprint density at radius 2 is 1.66 bits per heavy atom. The molecule has 1 aliphatic rings. The minimum atomic E-state index is -0.517. The molecule has 0 saturated carbocycles. The Balaban J connectivity index is 1.25. The number of halogens is 1. The summed E-state index contributed by atoms with van der Waals surface area (Å²) in [6.07, 6.45) is 4.01. The van der Waals surface area contributed by atoms with Crippen molar-refractivity contribution >= 4 is 11.8 Å². The van der Waals surface area contributed by atoms with Gasteiger partial charge in [0.2, 0.25) is 5.91 Å². The Bertz CT molecular complexity index is 1070. The minimum Gasteiger partial charge on any atom is -0.441 e. The first kappa shape index (κ1) is 21.7.